The van der Waals surface area contributed by atoms with Crippen LogP contribution in [0.25, 0.3) is 10.6 Å². The fraction of sp³-hybridized carbons (Fsp3) is 0.227. The van der Waals surface area contributed by atoms with Crippen LogP contribution in [0, 0.1) is 0 Å². The molecular weight excluding hydrogens is 400 g/mol. The molecule has 1 aromatic heterocycles. The van der Waals surface area contributed by atoms with Gasteiger partial charge in [0.05, 0.1) is 24.3 Å². The van der Waals surface area contributed by atoms with Crippen LogP contribution in [0.1, 0.15) is 12.6 Å². The van der Waals surface area contributed by atoms with Crippen molar-refractivity contribution in [1.82, 2.24) is 10.3 Å². The Hall–Kier alpha value is -3.39. The minimum absolute atomic E-state index is 0.1000. The maximum atomic E-state index is 12.4. The Labute approximate surface area is 178 Å². The number of rotatable bonds is 7. The summed E-state index contributed by atoms with van der Waals surface area (Å²) in [6.45, 7) is 3.81. The van der Waals surface area contributed by atoms with Crippen LogP contribution in [0.2, 0.25) is 0 Å². The number of carbonyl (C=O) groups is 2. The van der Waals surface area contributed by atoms with E-state index in [1.165, 1.54) is 11.3 Å². The van der Waals surface area contributed by atoms with Crippen LogP contribution in [0.3, 0.4) is 0 Å². The summed E-state index contributed by atoms with van der Waals surface area (Å²) in [6, 6.07) is 14.9. The van der Waals surface area contributed by atoms with Crippen LogP contribution >= 0.6 is 11.3 Å². The van der Waals surface area contributed by atoms with Gasteiger partial charge in [-0.1, -0.05) is 12.1 Å². The predicted octanol–water partition coefficient (Wildman–Crippen LogP) is 3.92. The first-order valence-corrected chi connectivity index (χ1v) is 10.6. The summed E-state index contributed by atoms with van der Waals surface area (Å²) in [5, 5.41) is 8.38. The van der Waals surface area contributed by atoms with Gasteiger partial charge in [-0.15, -0.1) is 11.3 Å². The van der Waals surface area contributed by atoms with E-state index < -0.39 is 0 Å². The third-order valence-corrected chi connectivity index (χ3v) is 5.55. The number of amides is 3. The van der Waals surface area contributed by atoms with E-state index >= 15 is 0 Å². The molecule has 3 aromatic rings. The Morgan fingerprint density at radius 2 is 2.03 bits per heavy atom. The monoisotopic (exact) mass is 422 g/mol. The van der Waals surface area contributed by atoms with E-state index in [-0.39, 0.29) is 18.4 Å². The lowest BCUT2D eigenvalue weighted by Gasteiger charge is -2.14. The van der Waals surface area contributed by atoms with Gasteiger partial charge in [0.2, 0.25) is 5.91 Å². The minimum Gasteiger partial charge on any atom is -0.493 e. The number of benzene rings is 2. The number of anilines is 2. The van der Waals surface area contributed by atoms with Crippen LogP contribution < -0.4 is 20.3 Å². The topological polar surface area (TPSA) is 83.6 Å². The van der Waals surface area contributed by atoms with Crippen molar-refractivity contribution in [2.75, 3.05) is 29.9 Å². The Kier molecular flexibility index (Phi) is 5.94. The number of hydrogen-bond acceptors (Lipinski definition) is 5. The van der Waals surface area contributed by atoms with Crippen LogP contribution in [0.15, 0.2) is 53.9 Å². The number of para-hydroxylation sites is 1. The van der Waals surface area contributed by atoms with Gasteiger partial charge in [0.15, 0.2) is 0 Å². The maximum Gasteiger partial charge on any atom is 0.321 e. The second kappa shape index (κ2) is 8.96. The molecule has 154 valence electrons. The zero-order chi connectivity index (χ0) is 20.9. The van der Waals surface area contributed by atoms with Gasteiger partial charge in [0.25, 0.3) is 0 Å². The number of nitrogens with zero attached hydrogens (tertiary/aromatic N) is 2. The number of urea groups is 1. The third kappa shape index (κ3) is 4.44. The van der Waals surface area contributed by atoms with Gasteiger partial charge in [-0.25, -0.2) is 9.78 Å². The molecule has 1 fully saturated rings. The van der Waals surface area contributed by atoms with Gasteiger partial charge in [0.1, 0.15) is 10.8 Å². The van der Waals surface area contributed by atoms with Crippen LogP contribution in [0.5, 0.6) is 5.75 Å². The standard InChI is InChI=1S/C22H22N4O3S/c1-2-29-19-6-4-3-5-18(19)21-25-16(14-30-21)13-20(27)24-15-7-9-17(10-8-15)26-12-11-23-22(26)28/h3-10,14H,2,11-13H2,1H3,(H,23,28)(H,24,27). The molecule has 2 heterocycles. The molecule has 0 unspecified atom stereocenters. The Morgan fingerprint density at radius 3 is 2.77 bits per heavy atom. The molecule has 1 aliphatic rings. The summed E-state index contributed by atoms with van der Waals surface area (Å²) < 4.78 is 5.67. The van der Waals surface area contributed by atoms with E-state index in [4.69, 9.17) is 4.74 Å². The molecule has 0 bridgehead atoms. The Bertz CT molecular complexity index is 1050. The van der Waals surface area contributed by atoms with Crippen molar-refractivity contribution in [3.05, 3.63) is 59.6 Å². The normalized spacial score (nSPS) is 13.2. The summed E-state index contributed by atoms with van der Waals surface area (Å²) >= 11 is 1.49. The summed E-state index contributed by atoms with van der Waals surface area (Å²) in [5.41, 5.74) is 3.13. The van der Waals surface area contributed by atoms with E-state index in [0.29, 0.717) is 31.1 Å². The van der Waals surface area contributed by atoms with Gasteiger partial charge in [-0.2, -0.15) is 0 Å². The molecule has 7 nitrogen and oxygen atoms in total. The van der Waals surface area contributed by atoms with Gasteiger partial charge in [-0.3, -0.25) is 9.69 Å². The number of carbonyl (C=O) groups excluding carboxylic acids is 2. The zero-order valence-electron chi connectivity index (χ0n) is 16.6. The average Bonchev–Trinajstić information content (AvgIpc) is 3.38. The number of nitrogens with one attached hydrogen (secondary N) is 2. The molecular formula is C22H22N4O3S. The molecule has 3 amide bonds. The predicted molar refractivity (Wildman–Crippen MR) is 118 cm³/mol. The van der Waals surface area contributed by atoms with E-state index in [0.717, 1.165) is 22.0 Å². The minimum atomic E-state index is -0.142. The Morgan fingerprint density at radius 1 is 1.23 bits per heavy atom. The van der Waals surface area contributed by atoms with Crippen molar-refractivity contribution in [1.29, 1.82) is 0 Å². The highest BCUT2D eigenvalue weighted by atomic mass is 32.1. The van der Waals surface area contributed by atoms with Crippen LogP contribution in [-0.4, -0.2) is 36.6 Å². The molecule has 0 aliphatic carbocycles. The highest BCUT2D eigenvalue weighted by molar-refractivity contribution is 7.13. The zero-order valence-corrected chi connectivity index (χ0v) is 17.4. The molecule has 1 aliphatic heterocycles. The second-order valence-corrected chi connectivity index (χ2v) is 7.59. The van der Waals surface area contributed by atoms with Crippen molar-refractivity contribution in [3.63, 3.8) is 0 Å². The van der Waals surface area contributed by atoms with Crippen molar-refractivity contribution < 1.29 is 14.3 Å². The summed E-state index contributed by atoms with van der Waals surface area (Å²) in [6.07, 6.45) is 0.184. The number of thiazole rings is 1. The maximum absolute atomic E-state index is 12.4. The molecule has 2 aromatic carbocycles. The quantitative estimate of drug-likeness (QED) is 0.605. The van der Waals surface area contributed by atoms with Gasteiger partial charge < -0.3 is 15.4 Å². The first kappa shape index (κ1) is 19.9. The van der Waals surface area contributed by atoms with Crippen molar-refractivity contribution >= 4 is 34.6 Å². The molecule has 30 heavy (non-hydrogen) atoms. The molecule has 0 radical (unpaired) electrons. The lowest BCUT2D eigenvalue weighted by molar-refractivity contribution is -0.115. The van der Waals surface area contributed by atoms with Gasteiger partial charge in [0, 0.05) is 29.8 Å². The average molecular weight is 423 g/mol. The van der Waals surface area contributed by atoms with Crippen LogP contribution in [-0.2, 0) is 11.2 Å². The largest absolute Gasteiger partial charge is 0.493 e. The Balaban J connectivity index is 1.39. The van der Waals surface area contributed by atoms with E-state index in [2.05, 4.69) is 15.6 Å². The smallest absolute Gasteiger partial charge is 0.321 e. The van der Waals surface area contributed by atoms with Crippen LogP contribution in [0.4, 0.5) is 16.2 Å². The van der Waals surface area contributed by atoms with E-state index in [1.54, 1.807) is 17.0 Å². The number of hydrogen-bond donors (Lipinski definition) is 2. The third-order valence-electron chi connectivity index (χ3n) is 4.63. The number of ether oxygens (including phenoxy) is 1. The number of aromatic nitrogens is 1. The van der Waals surface area contributed by atoms with Crippen molar-refractivity contribution in [2.24, 2.45) is 0 Å². The van der Waals surface area contributed by atoms with Crippen molar-refractivity contribution in [3.8, 4) is 16.3 Å². The van der Waals surface area contributed by atoms with Gasteiger partial charge in [-0.05, 0) is 43.3 Å². The van der Waals surface area contributed by atoms with Crippen molar-refractivity contribution in [2.45, 2.75) is 13.3 Å². The first-order chi connectivity index (χ1) is 14.6. The second-order valence-electron chi connectivity index (χ2n) is 6.73. The highest BCUT2D eigenvalue weighted by Gasteiger charge is 2.20. The fourth-order valence-corrected chi connectivity index (χ4v) is 4.10. The van der Waals surface area contributed by atoms with E-state index in [1.807, 2.05) is 48.7 Å². The SMILES string of the molecule is CCOc1ccccc1-c1nc(CC(=O)Nc2ccc(N3CCNC3=O)cc2)cs1. The molecule has 0 atom stereocenters. The van der Waals surface area contributed by atoms with E-state index in [9.17, 15) is 9.59 Å². The molecule has 8 heteroatoms. The summed E-state index contributed by atoms with van der Waals surface area (Å²) in [4.78, 5) is 30.5. The summed E-state index contributed by atoms with van der Waals surface area (Å²) in [5.74, 6) is 0.647. The first-order valence-electron chi connectivity index (χ1n) is 9.76. The summed E-state index contributed by atoms with van der Waals surface area (Å²) in [7, 11) is 0. The lowest BCUT2D eigenvalue weighted by atomic mass is 10.2. The molecule has 0 saturated carbocycles. The van der Waals surface area contributed by atoms with Gasteiger partial charge >= 0.3 is 6.03 Å². The molecule has 1 saturated heterocycles. The highest BCUT2D eigenvalue weighted by Crippen LogP contribution is 2.32. The lowest BCUT2D eigenvalue weighted by Crippen LogP contribution is -2.27. The molecule has 4 rings (SSSR count). The molecule has 2 N–H and O–H groups in total. The molecule has 0 spiro atoms. The fourth-order valence-electron chi connectivity index (χ4n) is 3.25.